The molecule has 0 saturated carbocycles. The number of unbranched alkanes of at least 4 members (excludes halogenated alkanes) is 18. The Morgan fingerprint density at radius 1 is 0.217 bits per heavy atom. The predicted molar refractivity (Wildman–Crippen MR) is 484 cm³/mol. The lowest BCUT2D eigenvalue weighted by Crippen LogP contribution is -1.87. The lowest BCUT2D eigenvalue weighted by Gasteiger charge is -2.02. The van der Waals surface area contributed by atoms with Gasteiger partial charge in [0.1, 0.15) is 12.6 Å². The van der Waals surface area contributed by atoms with Crippen LogP contribution in [0.25, 0.3) is 118 Å². The van der Waals surface area contributed by atoms with Crippen LogP contribution in [-0.4, -0.2) is 12.6 Å². The van der Waals surface area contributed by atoms with Crippen LogP contribution in [-0.2, 0) is 38.5 Å². The van der Waals surface area contributed by atoms with E-state index >= 15 is 0 Å². The molecule has 12 aromatic heterocycles. The molecular formula is C92H102O2S12. The molecule has 0 fully saturated rings. The molecule has 14 heteroatoms. The van der Waals surface area contributed by atoms with Crippen molar-refractivity contribution in [1.29, 1.82) is 0 Å². The molecule has 0 aliphatic rings. The third-order valence-electron chi connectivity index (χ3n) is 20.3. The van der Waals surface area contributed by atoms with E-state index in [0.717, 1.165) is 61.5 Å². The summed E-state index contributed by atoms with van der Waals surface area (Å²) >= 11 is 23.7. The lowest BCUT2D eigenvalue weighted by molar-refractivity contribution is 0.112. The van der Waals surface area contributed by atoms with Gasteiger partial charge in [0.2, 0.25) is 0 Å². The Hall–Kier alpha value is -5.04. The van der Waals surface area contributed by atoms with Crippen molar-refractivity contribution in [2.45, 2.75) is 234 Å². The topological polar surface area (TPSA) is 34.1 Å². The van der Waals surface area contributed by atoms with Gasteiger partial charge in [-0.25, -0.2) is 0 Å². The summed E-state index contributed by atoms with van der Waals surface area (Å²) in [7, 11) is 0. The van der Waals surface area contributed by atoms with Gasteiger partial charge in [-0.3, -0.25) is 9.59 Å². The average molecular weight is 1620 g/mol. The number of benzene rings is 1. The third kappa shape index (κ3) is 19.8. The first kappa shape index (κ1) is 79.1. The molecule has 13 aromatic rings. The second kappa shape index (κ2) is 39.7. The maximum Gasteiger partial charge on any atom is 0.150 e. The van der Waals surface area contributed by atoms with Crippen LogP contribution in [0.1, 0.15) is 250 Å². The van der Waals surface area contributed by atoms with Crippen molar-refractivity contribution in [1.82, 2.24) is 0 Å². The van der Waals surface area contributed by atoms with Crippen molar-refractivity contribution in [3.8, 4) is 118 Å². The van der Waals surface area contributed by atoms with Gasteiger partial charge in [0.25, 0.3) is 0 Å². The number of hydrogen-bond acceptors (Lipinski definition) is 14. The van der Waals surface area contributed by atoms with Gasteiger partial charge in [-0.15, -0.1) is 136 Å². The van der Waals surface area contributed by atoms with E-state index in [1.54, 1.807) is 17.4 Å². The molecule has 0 unspecified atom stereocenters. The molecule has 554 valence electrons. The number of carbonyl (C=O) groups is 2. The molecule has 106 heavy (non-hydrogen) atoms. The van der Waals surface area contributed by atoms with E-state index in [2.05, 4.69) is 156 Å². The summed E-state index contributed by atoms with van der Waals surface area (Å²) in [5.41, 5.74) is 10.9. The van der Waals surface area contributed by atoms with E-state index in [4.69, 9.17) is 0 Å². The van der Waals surface area contributed by atoms with E-state index in [1.807, 2.05) is 137 Å². The Bertz CT molecular complexity index is 4880. The number of carbonyl (C=O) groups excluding carboxylic acids is 2. The summed E-state index contributed by atoms with van der Waals surface area (Å²) in [6, 6.07) is 49.3. The highest BCUT2D eigenvalue weighted by atomic mass is 32.1. The predicted octanol–water partition coefficient (Wildman–Crippen LogP) is 34.8. The normalized spacial score (nSPS) is 11.8. The van der Waals surface area contributed by atoms with E-state index in [1.165, 1.54) is 295 Å². The molecule has 0 bridgehead atoms. The van der Waals surface area contributed by atoms with Crippen LogP contribution in [0.3, 0.4) is 0 Å². The van der Waals surface area contributed by atoms with Gasteiger partial charge in [-0.1, -0.05) is 157 Å². The van der Waals surface area contributed by atoms with E-state index in [9.17, 15) is 9.59 Å². The van der Waals surface area contributed by atoms with Gasteiger partial charge in [-0.2, -0.15) is 0 Å². The minimum atomic E-state index is 0.534. The quantitative estimate of drug-likeness (QED) is 0.0282. The molecule has 0 atom stereocenters. The molecule has 12 heterocycles. The van der Waals surface area contributed by atoms with E-state index < -0.39 is 0 Å². The van der Waals surface area contributed by atoms with Crippen LogP contribution in [0.5, 0.6) is 0 Å². The standard InChI is InChI=1S/C92H102O2S12/c1-7-13-19-25-31-63-49-50-95-87(63)76-43-37-70(96-76)71-39-45-78(98-71)89-65(33-27-21-15-9-3)55-83(103-89)84-57-67(35-29-23-17-11-5)91(105-84)80-47-41-74(100-80)75-42-48-81(101-75)92-68(36-30-24-18-12-6)58-86(106-92)85-56-66(34-28-22-16-10-4)90(104-85)79-46-40-73(99-79)72-38-44-77(97-72)88-64(32-26-20-14-8-2)54-82(102-88)69-52-61(59-93)51-62(53-69)60-94/h37-60H,7-36H2,1-6H3. The molecule has 0 radical (unpaired) electrons. The highest BCUT2D eigenvalue weighted by Crippen LogP contribution is 2.54. The summed E-state index contributed by atoms with van der Waals surface area (Å²) in [4.78, 5) is 55.8. The van der Waals surface area contributed by atoms with Crippen molar-refractivity contribution >= 4 is 149 Å². The van der Waals surface area contributed by atoms with Crippen molar-refractivity contribution in [3.05, 3.63) is 177 Å². The molecule has 0 N–H and O–H groups in total. The zero-order valence-corrected chi connectivity index (χ0v) is 72.6. The molecule has 0 saturated heterocycles. The fraction of sp³-hybridized carbons (Fsp3) is 0.391. The summed E-state index contributed by atoms with van der Waals surface area (Å²) in [6.07, 6.45) is 38.5. The first-order valence-corrected chi connectivity index (χ1v) is 49.4. The zero-order valence-electron chi connectivity index (χ0n) is 62.8. The number of rotatable bonds is 44. The van der Waals surface area contributed by atoms with Crippen LogP contribution in [0.15, 0.2) is 133 Å². The van der Waals surface area contributed by atoms with Crippen LogP contribution in [0.2, 0.25) is 0 Å². The Balaban J connectivity index is 0.768. The fourth-order valence-corrected chi connectivity index (χ4v) is 28.8. The Labute approximate surface area is 680 Å². The van der Waals surface area contributed by atoms with Gasteiger partial charge in [0.15, 0.2) is 0 Å². The van der Waals surface area contributed by atoms with Gasteiger partial charge in [0, 0.05) is 123 Å². The van der Waals surface area contributed by atoms with Gasteiger partial charge in [0.05, 0.1) is 0 Å². The molecule has 0 aliphatic heterocycles. The first-order chi connectivity index (χ1) is 52.2. The smallest absolute Gasteiger partial charge is 0.150 e. The van der Waals surface area contributed by atoms with Crippen molar-refractivity contribution in [3.63, 3.8) is 0 Å². The summed E-state index contributed by atoms with van der Waals surface area (Å²) < 4.78 is 0. The van der Waals surface area contributed by atoms with Crippen molar-refractivity contribution < 1.29 is 9.59 Å². The minimum absolute atomic E-state index is 0.534. The van der Waals surface area contributed by atoms with Crippen LogP contribution >= 0.6 is 136 Å². The second-order valence-electron chi connectivity index (χ2n) is 28.6. The molecule has 1 aromatic carbocycles. The van der Waals surface area contributed by atoms with E-state index in [0.29, 0.717) is 11.1 Å². The number of hydrogen-bond donors (Lipinski definition) is 0. The van der Waals surface area contributed by atoms with Gasteiger partial charge in [-0.05, 0) is 249 Å². The zero-order chi connectivity index (χ0) is 73.1. The molecule has 0 aliphatic carbocycles. The highest BCUT2D eigenvalue weighted by molar-refractivity contribution is 7.33. The molecular weight excluding hydrogens is 1520 g/mol. The highest BCUT2D eigenvalue weighted by Gasteiger charge is 2.25. The molecule has 13 rings (SSSR count). The van der Waals surface area contributed by atoms with Crippen molar-refractivity contribution in [2.24, 2.45) is 0 Å². The van der Waals surface area contributed by atoms with Crippen LogP contribution in [0.4, 0.5) is 0 Å². The largest absolute Gasteiger partial charge is 0.298 e. The molecule has 2 nitrogen and oxygen atoms in total. The molecule has 0 amide bonds. The summed E-state index contributed by atoms with van der Waals surface area (Å²) in [5.74, 6) is 0. The SMILES string of the molecule is CCCCCCc1ccsc1-c1ccc(-c2ccc(-c3sc(-c4cc(CCCCCC)c(-c5ccc(-c6ccc(-c7sc(-c8cc(CCCCCC)c(-c9ccc(-c%10ccc(-c%11sc(-c%12cc(C=O)cc(C=O)c%12)cc%11CCCCCC)s%10)s9)s8)cc7CCCCCC)s6)s5)s4)cc3CCCCCC)s2)s1. The first-order valence-electron chi connectivity index (χ1n) is 39.5. The van der Waals surface area contributed by atoms with Crippen molar-refractivity contribution in [2.75, 3.05) is 0 Å². The minimum Gasteiger partial charge on any atom is -0.298 e. The van der Waals surface area contributed by atoms with Crippen LogP contribution in [0, 0.1) is 0 Å². The van der Waals surface area contributed by atoms with E-state index in [-0.39, 0.29) is 0 Å². The summed E-state index contributed by atoms with van der Waals surface area (Å²) in [6.45, 7) is 13.9. The Morgan fingerprint density at radius 2 is 0.453 bits per heavy atom. The molecule has 0 spiro atoms. The number of aryl methyl sites for hydroxylation is 6. The Kier molecular flexibility index (Phi) is 29.6. The van der Waals surface area contributed by atoms with Gasteiger partial charge >= 0.3 is 0 Å². The van der Waals surface area contributed by atoms with Gasteiger partial charge < -0.3 is 0 Å². The van der Waals surface area contributed by atoms with Crippen LogP contribution < -0.4 is 0 Å². The maximum atomic E-state index is 12.0. The fourth-order valence-electron chi connectivity index (χ4n) is 14.5. The third-order valence-corrected chi connectivity index (χ3v) is 35.8. The lowest BCUT2D eigenvalue weighted by atomic mass is 10.0. The maximum absolute atomic E-state index is 12.0. The number of aldehydes is 2. The average Bonchev–Trinajstić information content (AvgIpc) is 1.63. The monoisotopic (exact) mass is 1620 g/mol. The number of thiophene rings is 12. The Morgan fingerprint density at radius 3 is 0.717 bits per heavy atom. The second-order valence-corrected chi connectivity index (χ2v) is 41.3. The summed E-state index contributed by atoms with van der Waals surface area (Å²) in [5, 5.41) is 2.30.